The summed E-state index contributed by atoms with van der Waals surface area (Å²) in [5, 5.41) is 18.2. The van der Waals surface area contributed by atoms with Gasteiger partial charge < -0.3 is 9.84 Å². The van der Waals surface area contributed by atoms with Gasteiger partial charge in [0.2, 0.25) is 0 Å². The van der Waals surface area contributed by atoms with Crippen molar-refractivity contribution in [3.63, 3.8) is 0 Å². The van der Waals surface area contributed by atoms with E-state index in [0.717, 1.165) is 28.2 Å². The molecule has 0 saturated carbocycles. The second-order valence-electron chi connectivity index (χ2n) is 6.11. The van der Waals surface area contributed by atoms with E-state index in [1.54, 1.807) is 31.4 Å². The SMILES string of the molecule is COc1ccc(-c2nc3ccccn3c2N=Nc2ccc(O)cc2)cc1C. The monoisotopic (exact) mass is 358 g/mol. The molecular formula is C21H18N4O2. The number of hydrogen-bond acceptors (Lipinski definition) is 5. The van der Waals surface area contributed by atoms with Crippen molar-refractivity contribution in [2.24, 2.45) is 10.2 Å². The van der Waals surface area contributed by atoms with Crippen LogP contribution in [0.3, 0.4) is 0 Å². The number of fused-ring (bicyclic) bond motifs is 1. The van der Waals surface area contributed by atoms with Crippen LogP contribution in [0, 0.1) is 6.92 Å². The Morgan fingerprint density at radius 2 is 1.81 bits per heavy atom. The summed E-state index contributed by atoms with van der Waals surface area (Å²) in [6, 6.07) is 18.3. The number of pyridine rings is 1. The van der Waals surface area contributed by atoms with Gasteiger partial charge in [-0.1, -0.05) is 6.07 Å². The van der Waals surface area contributed by atoms with Crippen molar-refractivity contribution in [2.75, 3.05) is 7.11 Å². The number of phenolic OH excluding ortho intramolecular Hbond substituents is 1. The summed E-state index contributed by atoms with van der Waals surface area (Å²) in [5.74, 6) is 1.66. The Morgan fingerprint density at radius 3 is 2.56 bits per heavy atom. The van der Waals surface area contributed by atoms with Gasteiger partial charge in [-0.05, 0) is 67.1 Å². The maximum Gasteiger partial charge on any atom is 0.187 e. The van der Waals surface area contributed by atoms with E-state index in [4.69, 9.17) is 9.72 Å². The number of aromatic hydroxyl groups is 1. The lowest BCUT2D eigenvalue weighted by atomic mass is 10.1. The molecule has 0 bridgehead atoms. The number of nitrogens with zero attached hydrogens (tertiary/aromatic N) is 4. The van der Waals surface area contributed by atoms with Gasteiger partial charge in [-0.25, -0.2) is 4.98 Å². The minimum Gasteiger partial charge on any atom is -0.508 e. The zero-order valence-corrected chi connectivity index (χ0v) is 15.0. The second-order valence-corrected chi connectivity index (χ2v) is 6.11. The highest BCUT2D eigenvalue weighted by Gasteiger charge is 2.15. The van der Waals surface area contributed by atoms with Gasteiger partial charge in [0.15, 0.2) is 5.82 Å². The molecule has 4 aromatic rings. The minimum absolute atomic E-state index is 0.193. The highest BCUT2D eigenvalue weighted by molar-refractivity contribution is 5.75. The number of imidazole rings is 1. The lowest BCUT2D eigenvalue weighted by Gasteiger charge is -2.06. The molecule has 1 N–H and O–H groups in total. The van der Waals surface area contributed by atoms with Crippen LogP contribution in [0.25, 0.3) is 16.9 Å². The van der Waals surface area contributed by atoms with E-state index < -0.39 is 0 Å². The molecule has 0 saturated heterocycles. The fraction of sp³-hybridized carbons (Fsp3) is 0.0952. The number of benzene rings is 2. The number of phenols is 1. The Balaban J connectivity index is 1.84. The zero-order valence-electron chi connectivity index (χ0n) is 15.0. The van der Waals surface area contributed by atoms with Gasteiger partial charge in [0.05, 0.1) is 12.8 Å². The molecule has 0 aliphatic rings. The van der Waals surface area contributed by atoms with Crippen molar-refractivity contribution in [1.82, 2.24) is 9.38 Å². The standard InChI is InChI=1S/C21H18N4O2/c1-14-13-15(6-11-18(14)27-2)20-21(25-12-4-3-5-19(25)22-20)24-23-16-7-9-17(26)10-8-16/h3-13,26H,1-2H3. The molecule has 27 heavy (non-hydrogen) atoms. The van der Waals surface area contributed by atoms with Crippen molar-refractivity contribution in [1.29, 1.82) is 0 Å². The molecule has 2 aromatic carbocycles. The Hall–Kier alpha value is -3.67. The van der Waals surface area contributed by atoms with Crippen LogP contribution in [0.2, 0.25) is 0 Å². The summed E-state index contributed by atoms with van der Waals surface area (Å²) >= 11 is 0. The quantitative estimate of drug-likeness (QED) is 0.494. The summed E-state index contributed by atoms with van der Waals surface area (Å²) in [6.07, 6.45) is 1.91. The normalized spacial score (nSPS) is 11.3. The second kappa shape index (κ2) is 6.92. The maximum absolute atomic E-state index is 9.42. The van der Waals surface area contributed by atoms with E-state index in [0.29, 0.717) is 11.5 Å². The maximum atomic E-state index is 9.42. The first-order valence-electron chi connectivity index (χ1n) is 8.48. The Kier molecular flexibility index (Phi) is 4.30. The van der Waals surface area contributed by atoms with Crippen LogP contribution in [0.1, 0.15) is 5.56 Å². The molecule has 0 aliphatic heterocycles. The number of ether oxygens (including phenoxy) is 1. The molecule has 0 spiro atoms. The molecule has 6 nitrogen and oxygen atoms in total. The fourth-order valence-corrected chi connectivity index (χ4v) is 2.92. The van der Waals surface area contributed by atoms with Gasteiger partial charge >= 0.3 is 0 Å². The summed E-state index contributed by atoms with van der Waals surface area (Å²) in [7, 11) is 1.66. The van der Waals surface area contributed by atoms with E-state index in [1.165, 1.54) is 0 Å². The highest BCUT2D eigenvalue weighted by atomic mass is 16.5. The number of aromatic nitrogens is 2. The summed E-state index contributed by atoms with van der Waals surface area (Å²) < 4.78 is 7.25. The fourth-order valence-electron chi connectivity index (χ4n) is 2.92. The van der Waals surface area contributed by atoms with Crippen molar-refractivity contribution < 1.29 is 9.84 Å². The molecule has 2 heterocycles. The molecule has 4 rings (SSSR count). The average Bonchev–Trinajstić information content (AvgIpc) is 3.06. The molecular weight excluding hydrogens is 340 g/mol. The molecule has 0 fully saturated rings. The summed E-state index contributed by atoms with van der Waals surface area (Å²) in [5.41, 5.74) is 4.15. The third-order valence-corrected chi connectivity index (χ3v) is 4.28. The molecule has 0 atom stereocenters. The predicted molar refractivity (Wildman–Crippen MR) is 104 cm³/mol. The Labute approximate surface area is 156 Å². The zero-order chi connectivity index (χ0) is 18.8. The van der Waals surface area contributed by atoms with Crippen LogP contribution < -0.4 is 4.74 Å². The number of rotatable bonds is 4. The van der Waals surface area contributed by atoms with Gasteiger partial charge in [0.25, 0.3) is 0 Å². The largest absolute Gasteiger partial charge is 0.508 e. The van der Waals surface area contributed by atoms with Gasteiger partial charge in [-0.2, -0.15) is 0 Å². The molecule has 134 valence electrons. The number of azo groups is 1. The van der Waals surface area contributed by atoms with Gasteiger partial charge in [-0.15, -0.1) is 10.2 Å². The van der Waals surface area contributed by atoms with Crippen LogP contribution in [-0.4, -0.2) is 21.6 Å². The van der Waals surface area contributed by atoms with Crippen molar-refractivity contribution in [3.8, 4) is 22.8 Å². The highest BCUT2D eigenvalue weighted by Crippen LogP contribution is 2.34. The van der Waals surface area contributed by atoms with E-state index in [-0.39, 0.29) is 5.75 Å². The first-order valence-corrected chi connectivity index (χ1v) is 8.48. The van der Waals surface area contributed by atoms with Crippen LogP contribution in [0.15, 0.2) is 77.1 Å². The lowest BCUT2D eigenvalue weighted by molar-refractivity contribution is 0.412. The predicted octanol–water partition coefficient (Wildman–Crippen LogP) is 5.44. The third-order valence-electron chi connectivity index (χ3n) is 4.28. The Morgan fingerprint density at radius 1 is 1.00 bits per heavy atom. The van der Waals surface area contributed by atoms with Gasteiger partial charge in [-0.3, -0.25) is 4.40 Å². The average molecular weight is 358 g/mol. The van der Waals surface area contributed by atoms with Crippen LogP contribution in [-0.2, 0) is 0 Å². The van der Waals surface area contributed by atoms with E-state index in [9.17, 15) is 5.11 Å². The molecule has 2 aromatic heterocycles. The van der Waals surface area contributed by atoms with E-state index >= 15 is 0 Å². The van der Waals surface area contributed by atoms with E-state index in [2.05, 4.69) is 10.2 Å². The molecule has 6 heteroatoms. The van der Waals surface area contributed by atoms with E-state index in [1.807, 2.05) is 53.9 Å². The molecule has 0 unspecified atom stereocenters. The van der Waals surface area contributed by atoms with Crippen LogP contribution >= 0.6 is 0 Å². The molecule has 0 aliphatic carbocycles. The summed E-state index contributed by atoms with van der Waals surface area (Å²) in [4.78, 5) is 4.73. The van der Waals surface area contributed by atoms with Crippen molar-refractivity contribution in [2.45, 2.75) is 6.92 Å². The third kappa shape index (κ3) is 3.25. The summed E-state index contributed by atoms with van der Waals surface area (Å²) in [6.45, 7) is 2.00. The minimum atomic E-state index is 0.193. The van der Waals surface area contributed by atoms with Crippen molar-refractivity contribution in [3.05, 3.63) is 72.4 Å². The molecule has 0 radical (unpaired) electrons. The van der Waals surface area contributed by atoms with Crippen molar-refractivity contribution >= 4 is 17.2 Å². The lowest BCUT2D eigenvalue weighted by Crippen LogP contribution is -1.88. The van der Waals surface area contributed by atoms with Crippen LogP contribution in [0.4, 0.5) is 11.5 Å². The molecule has 0 amide bonds. The first-order chi connectivity index (χ1) is 13.2. The number of hydrogen-bond donors (Lipinski definition) is 1. The van der Waals surface area contributed by atoms with Crippen LogP contribution in [0.5, 0.6) is 11.5 Å². The van der Waals surface area contributed by atoms with Gasteiger partial charge in [0, 0.05) is 11.8 Å². The Bertz CT molecular complexity index is 1130. The number of methoxy groups -OCH3 is 1. The topological polar surface area (TPSA) is 71.5 Å². The number of aryl methyl sites for hydroxylation is 1. The van der Waals surface area contributed by atoms with Gasteiger partial charge in [0.1, 0.15) is 22.8 Å². The smallest absolute Gasteiger partial charge is 0.187 e. The first kappa shape index (κ1) is 16.8.